The van der Waals surface area contributed by atoms with Crippen molar-refractivity contribution >= 4 is 22.3 Å². The molecule has 0 spiro atoms. The summed E-state index contributed by atoms with van der Waals surface area (Å²) in [6.45, 7) is 5.97. The van der Waals surface area contributed by atoms with Gasteiger partial charge in [0, 0.05) is 6.42 Å². The van der Waals surface area contributed by atoms with Crippen molar-refractivity contribution in [2.45, 2.75) is 90.4 Å². The van der Waals surface area contributed by atoms with E-state index >= 15 is 0 Å². The van der Waals surface area contributed by atoms with Crippen molar-refractivity contribution < 1.29 is 42.1 Å². The zero-order valence-corrected chi connectivity index (χ0v) is 22.6. The van der Waals surface area contributed by atoms with Crippen molar-refractivity contribution in [3.05, 3.63) is 11.6 Å². The maximum Gasteiger partial charge on any atom is 0.397 e. The number of aliphatic hydroxyl groups is 2. The number of nitrogens with one attached hydrogen (secondary N) is 1. The molecule has 3 fully saturated rings. The first-order valence-corrected chi connectivity index (χ1v) is 14.7. The van der Waals surface area contributed by atoms with Crippen molar-refractivity contribution in [1.82, 2.24) is 5.32 Å². The average molecular weight is 544 g/mol. The molecule has 10 atom stereocenters. The van der Waals surface area contributed by atoms with Crippen LogP contribution in [0.1, 0.15) is 72.1 Å². The van der Waals surface area contributed by atoms with Gasteiger partial charge in [-0.2, -0.15) is 8.42 Å². The number of aliphatic hydroxyl groups excluding tert-OH is 2. The van der Waals surface area contributed by atoms with Gasteiger partial charge < -0.3 is 20.6 Å². The molecule has 4 aliphatic rings. The third-order valence-electron chi connectivity index (χ3n) is 10.5. The van der Waals surface area contributed by atoms with Crippen LogP contribution >= 0.6 is 0 Å². The van der Waals surface area contributed by atoms with Gasteiger partial charge in [-0.3, -0.25) is 14.1 Å². The van der Waals surface area contributed by atoms with E-state index in [1.807, 2.05) is 6.08 Å². The Morgan fingerprint density at radius 1 is 1.19 bits per heavy atom. The van der Waals surface area contributed by atoms with Crippen molar-refractivity contribution in [2.24, 2.45) is 40.4 Å². The predicted octanol–water partition coefficient (Wildman–Crippen LogP) is 2.31. The van der Waals surface area contributed by atoms with Gasteiger partial charge in [0.15, 0.2) is 0 Å². The second-order valence-electron chi connectivity index (χ2n) is 12.3. The van der Waals surface area contributed by atoms with Crippen LogP contribution < -0.4 is 5.32 Å². The molecule has 3 saturated carbocycles. The van der Waals surface area contributed by atoms with Gasteiger partial charge in [0.05, 0.1) is 18.3 Å². The Kier molecular flexibility index (Phi) is 7.87. The molecule has 37 heavy (non-hydrogen) atoms. The van der Waals surface area contributed by atoms with Gasteiger partial charge >= 0.3 is 16.4 Å². The van der Waals surface area contributed by atoms with Crippen LogP contribution in [0, 0.1) is 40.4 Å². The van der Waals surface area contributed by atoms with E-state index in [1.54, 1.807) is 0 Å². The maximum atomic E-state index is 12.1. The number of rotatable bonds is 8. The normalized spacial score (nSPS) is 42.1. The molecule has 0 bridgehead atoms. The highest BCUT2D eigenvalue weighted by atomic mass is 32.3. The molecule has 0 heterocycles. The van der Waals surface area contributed by atoms with Gasteiger partial charge in [0.1, 0.15) is 6.54 Å². The number of carboxylic acid groups (broad SMARTS) is 1. The molecule has 5 N–H and O–H groups in total. The first-order valence-electron chi connectivity index (χ1n) is 13.4. The number of amides is 1. The van der Waals surface area contributed by atoms with Crippen LogP contribution in [0.2, 0.25) is 0 Å². The van der Waals surface area contributed by atoms with Gasteiger partial charge in [0.25, 0.3) is 0 Å². The van der Waals surface area contributed by atoms with Gasteiger partial charge in [-0.25, -0.2) is 4.18 Å². The molecular weight excluding hydrogens is 502 g/mol. The van der Waals surface area contributed by atoms with Crippen LogP contribution in [0.25, 0.3) is 0 Å². The van der Waals surface area contributed by atoms with Crippen LogP contribution in [0.15, 0.2) is 11.6 Å². The lowest BCUT2D eigenvalue weighted by Gasteiger charge is -2.61. The van der Waals surface area contributed by atoms with Crippen LogP contribution in [-0.4, -0.2) is 65.0 Å². The Morgan fingerprint density at radius 3 is 2.54 bits per heavy atom. The van der Waals surface area contributed by atoms with Gasteiger partial charge in [-0.15, -0.1) is 0 Å². The van der Waals surface area contributed by atoms with E-state index in [4.69, 9.17) is 13.8 Å². The summed E-state index contributed by atoms with van der Waals surface area (Å²) in [4.78, 5) is 22.8. The van der Waals surface area contributed by atoms with Crippen molar-refractivity contribution in [3.8, 4) is 0 Å². The van der Waals surface area contributed by atoms with E-state index in [1.165, 1.54) is 0 Å². The summed E-state index contributed by atoms with van der Waals surface area (Å²) < 4.78 is 36.5. The third kappa shape index (κ3) is 5.34. The number of carbonyl (C=O) groups is 2. The largest absolute Gasteiger partial charge is 0.480 e. The lowest BCUT2D eigenvalue weighted by molar-refractivity contribution is -0.157. The average Bonchev–Trinajstić information content (AvgIpc) is 3.15. The third-order valence-corrected chi connectivity index (χ3v) is 11.0. The molecule has 10 nitrogen and oxygen atoms in total. The SMILES string of the molecule is C[C@H](CCC(=O)NCC(=O)O)[C@H]1CC[C@H]2[C@@H]3[C@H](O)C=C4C[C@@H](OS(=O)(=O)O)CC[C@]4(C)[C@H]3C[C@H](O)[C@]12C. The molecule has 0 radical (unpaired) electrons. The summed E-state index contributed by atoms with van der Waals surface area (Å²) in [5.74, 6) is -0.942. The van der Waals surface area contributed by atoms with E-state index in [-0.39, 0.29) is 47.3 Å². The quantitative estimate of drug-likeness (QED) is 0.228. The maximum absolute atomic E-state index is 12.1. The molecule has 0 aromatic carbocycles. The Morgan fingerprint density at radius 2 is 1.89 bits per heavy atom. The fourth-order valence-corrected chi connectivity index (χ4v) is 9.13. The van der Waals surface area contributed by atoms with Crippen molar-refractivity contribution in [2.75, 3.05) is 6.54 Å². The van der Waals surface area contributed by atoms with Gasteiger partial charge in [0.2, 0.25) is 5.91 Å². The van der Waals surface area contributed by atoms with Crippen LogP contribution in [0.4, 0.5) is 0 Å². The summed E-state index contributed by atoms with van der Waals surface area (Å²) in [7, 11) is -4.56. The van der Waals surface area contributed by atoms with Crippen LogP contribution in [-0.2, 0) is 24.2 Å². The van der Waals surface area contributed by atoms with Gasteiger partial charge in [-0.05, 0) is 85.4 Å². The molecule has 0 aromatic rings. The highest BCUT2D eigenvalue weighted by Crippen LogP contribution is 2.67. The molecular formula is C26H41NO9S. The predicted molar refractivity (Wildman–Crippen MR) is 133 cm³/mol. The Balaban J connectivity index is 1.51. The molecule has 1 amide bonds. The minimum absolute atomic E-state index is 0.0303. The Hall–Kier alpha value is -1.53. The van der Waals surface area contributed by atoms with Crippen LogP contribution in [0.5, 0.6) is 0 Å². The number of carboxylic acids is 1. The number of carbonyl (C=O) groups excluding carboxylic acids is 1. The molecule has 0 aliphatic heterocycles. The Labute approximate surface area is 218 Å². The molecule has 0 saturated heterocycles. The van der Waals surface area contributed by atoms with Crippen molar-refractivity contribution in [1.29, 1.82) is 0 Å². The highest BCUT2D eigenvalue weighted by molar-refractivity contribution is 7.80. The number of hydrogen-bond acceptors (Lipinski definition) is 7. The first kappa shape index (κ1) is 28.5. The zero-order valence-electron chi connectivity index (χ0n) is 21.8. The summed E-state index contributed by atoms with van der Waals surface area (Å²) in [6.07, 6.45) is 4.46. The van der Waals surface area contributed by atoms with Crippen molar-refractivity contribution in [3.63, 3.8) is 0 Å². The van der Waals surface area contributed by atoms with E-state index in [2.05, 4.69) is 26.1 Å². The summed E-state index contributed by atoms with van der Waals surface area (Å²) in [5, 5.41) is 34.2. The molecule has 11 heteroatoms. The summed E-state index contributed by atoms with van der Waals surface area (Å²) in [5.41, 5.74) is 0.232. The fourth-order valence-electron chi connectivity index (χ4n) is 8.63. The number of fused-ring (bicyclic) bond motifs is 5. The van der Waals surface area contributed by atoms with Crippen LogP contribution in [0.3, 0.4) is 0 Å². The minimum atomic E-state index is -4.56. The topological polar surface area (TPSA) is 170 Å². The molecule has 0 unspecified atom stereocenters. The first-order chi connectivity index (χ1) is 17.2. The van der Waals surface area contributed by atoms with E-state index in [0.717, 1.165) is 18.4 Å². The lowest BCUT2D eigenvalue weighted by atomic mass is 9.45. The highest BCUT2D eigenvalue weighted by Gasteiger charge is 2.64. The van der Waals surface area contributed by atoms with Gasteiger partial charge in [-0.1, -0.05) is 32.4 Å². The second kappa shape index (κ2) is 10.2. The smallest absolute Gasteiger partial charge is 0.397 e. The zero-order chi connectivity index (χ0) is 27.3. The molecule has 4 aliphatic carbocycles. The number of aliphatic carboxylic acids is 1. The standard InChI is InChI=1S/C26H41NO9S/c1-14(4-7-22(30)27-13-23(31)32)17-5-6-18-24-19(12-21(29)26(17,18)3)25(2)9-8-16(36-37(33,34)35)10-15(25)11-20(24)28/h11,14,16-21,24,28-29H,4-10,12-13H2,1-3H3,(H,27,30)(H,31,32)(H,33,34,35)/t14-,16+,17-,18+,19+,20-,21+,24+,25+,26-/m1/s1. The molecule has 210 valence electrons. The Bertz CT molecular complexity index is 1040. The molecule has 0 aromatic heterocycles. The lowest BCUT2D eigenvalue weighted by Crippen LogP contribution is -2.59. The van der Waals surface area contributed by atoms with E-state index in [0.29, 0.717) is 32.1 Å². The van der Waals surface area contributed by atoms with E-state index < -0.39 is 46.6 Å². The monoisotopic (exact) mass is 543 g/mol. The second-order valence-corrected chi connectivity index (χ2v) is 13.3. The summed E-state index contributed by atoms with van der Waals surface area (Å²) >= 11 is 0. The summed E-state index contributed by atoms with van der Waals surface area (Å²) in [6, 6.07) is 0. The minimum Gasteiger partial charge on any atom is -0.480 e. The fraction of sp³-hybridized carbons (Fsp3) is 0.846. The van der Waals surface area contributed by atoms with E-state index in [9.17, 15) is 28.2 Å². The number of hydrogen-bond donors (Lipinski definition) is 5. The molecule has 4 rings (SSSR count).